The lowest BCUT2D eigenvalue weighted by molar-refractivity contribution is -0.123. The molecule has 0 aromatic carbocycles. The molecule has 18 heavy (non-hydrogen) atoms. The molecule has 2 saturated carbocycles. The van der Waals surface area contributed by atoms with Gasteiger partial charge in [0.05, 0.1) is 10.9 Å². The van der Waals surface area contributed by atoms with Crippen molar-refractivity contribution in [3.63, 3.8) is 0 Å². The third-order valence-electron chi connectivity index (χ3n) is 4.66. The van der Waals surface area contributed by atoms with Crippen LogP contribution in [0.4, 0.5) is 0 Å². The van der Waals surface area contributed by atoms with Crippen molar-refractivity contribution in [2.45, 2.75) is 45.4 Å². The Morgan fingerprint density at radius 2 is 2.22 bits per heavy atom. The van der Waals surface area contributed by atoms with Crippen LogP contribution in [0.2, 0.25) is 0 Å². The van der Waals surface area contributed by atoms with Crippen LogP contribution in [-0.4, -0.2) is 17.4 Å². The second kappa shape index (κ2) is 6.00. The molecule has 4 heteroatoms. The molecule has 102 valence electrons. The number of carbonyl (C=O) groups excluding carboxylic acids is 1. The molecule has 0 aliphatic heterocycles. The first kappa shape index (κ1) is 13.8. The van der Waals surface area contributed by atoms with Gasteiger partial charge < -0.3 is 11.1 Å². The highest BCUT2D eigenvalue weighted by molar-refractivity contribution is 7.80. The van der Waals surface area contributed by atoms with Crippen LogP contribution in [0.15, 0.2) is 0 Å². The van der Waals surface area contributed by atoms with Gasteiger partial charge in [0.25, 0.3) is 0 Å². The number of nitrogens with one attached hydrogen (secondary N) is 1. The SMILES string of the molecule is CCCC(C(=O)NCC1CC2CCC1C2)C(N)=S. The van der Waals surface area contributed by atoms with E-state index in [9.17, 15) is 4.79 Å². The third kappa shape index (κ3) is 3.02. The molecular formula is C14H24N2OS. The van der Waals surface area contributed by atoms with E-state index in [1.54, 1.807) is 0 Å². The number of carbonyl (C=O) groups is 1. The van der Waals surface area contributed by atoms with Crippen LogP contribution in [0, 0.1) is 23.7 Å². The van der Waals surface area contributed by atoms with Gasteiger partial charge in [0.15, 0.2) is 0 Å². The number of amides is 1. The molecule has 4 atom stereocenters. The fourth-order valence-corrected chi connectivity index (χ4v) is 3.90. The van der Waals surface area contributed by atoms with E-state index < -0.39 is 0 Å². The smallest absolute Gasteiger partial charge is 0.229 e. The minimum Gasteiger partial charge on any atom is -0.393 e. The fraction of sp³-hybridized carbons (Fsp3) is 0.857. The molecule has 0 spiro atoms. The van der Waals surface area contributed by atoms with Crippen LogP contribution in [0.25, 0.3) is 0 Å². The molecule has 1 amide bonds. The highest BCUT2D eigenvalue weighted by Crippen LogP contribution is 2.47. The van der Waals surface area contributed by atoms with Gasteiger partial charge in [0.1, 0.15) is 0 Å². The number of nitrogens with two attached hydrogens (primary N) is 1. The van der Waals surface area contributed by atoms with Crippen molar-refractivity contribution in [2.75, 3.05) is 6.54 Å². The highest BCUT2D eigenvalue weighted by atomic mass is 32.1. The molecule has 0 saturated heterocycles. The Morgan fingerprint density at radius 1 is 1.44 bits per heavy atom. The van der Waals surface area contributed by atoms with Crippen molar-refractivity contribution in [1.29, 1.82) is 0 Å². The van der Waals surface area contributed by atoms with Gasteiger partial charge in [-0.3, -0.25) is 4.79 Å². The molecule has 0 aromatic heterocycles. The van der Waals surface area contributed by atoms with E-state index in [1.807, 2.05) is 0 Å². The van der Waals surface area contributed by atoms with Gasteiger partial charge in [-0.25, -0.2) is 0 Å². The largest absolute Gasteiger partial charge is 0.393 e. The predicted molar refractivity (Wildman–Crippen MR) is 77.1 cm³/mol. The second-order valence-electron chi connectivity index (χ2n) is 5.92. The van der Waals surface area contributed by atoms with Gasteiger partial charge in [-0.1, -0.05) is 32.0 Å². The summed E-state index contributed by atoms with van der Waals surface area (Å²) in [5, 5.41) is 3.07. The molecule has 3 N–H and O–H groups in total. The van der Waals surface area contributed by atoms with Crippen molar-refractivity contribution < 1.29 is 4.79 Å². The molecule has 2 fully saturated rings. The zero-order chi connectivity index (χ0) is 13.1. The average molecular weight is 268 g/mol. The summed E-state index contributed by atoms with van der Waals surface area (Å²) in [5.41, 5.74) is 5.64. The normalized spacial score (nSPS) is 31.3. The van der Waals surface area contributed by atoms with Crippen LogP contribution >= 0.6 is 12.2 Å². The quantitative estimate of drug-likeness (QED) is 0.726. The second-order valence-corrected chi connectivity index (χ2v) is 6.40. The van der Waals surface area contributed by atoms with Crippen molar-refractivity contribution in [3.8, 4) is 0 Å². The predicted octanol–water partition coefficient (Wildman–Crippen LogP) is 2.24. The number of rotatable bonds is 6. The molecule has 2 aliphatic rings. The van der Waals surface area contributed by atoms with Gasteiger partial charge in [0.2, 0.25) is 5.91 Å². The summed E-state index contributed by atoms with van der Waals surface area (Å²) >= 11 is 4.98. The Bertz CT molecular complexity index is 332. The van der Waals surface area contributed by atoms with Crippen LogP contribution in [-0.2, 0) is 4.79 Å². The van der Waals surface area contributed by atoms with Gasteiger partial charge in [-0.05, 0) is 43.4 Å². The molecule has 0 radical (unpaired) electrons. The maximum absolute atomic E-state index is 12.1. The van der Waals surface area contributed by atoms with Gasteiger partial charge in [0, 0.05) is 6.54 Å². The van der Waals surface area contributed by atoms with Gasteiger partial charge >= 0.3 is 0 Å². The summed E-state index contributed by atoms with van der Waals surface area (Å²) in [4.78, 5) is 12.4. The maximum atomic E-state index is 12.1. The summed E-state index contributed by atoms with van der Waals surface area (Å²) in [6.07, 6.45) is 7.14. The van der Waals surface area contributed by atoms with Crippen LogP contribution in [0.1, 0.15) is 45.4 Å². The highest BCUT2D eigenvalue weighted by Gasteiger charge is 2.39. The zero-order valence-electron chi connectivity index (χ0n) is 11.2. The van der Waals surface area contributed by atoms with E-state index in [4.69, 9.17) is 18.0 Å². The van der Waals surface area contributed by atoms with E-state index >= 15 is 0 Å². The number of thiocarbonyl (C=S) groups is 1. The van der Waals surface area contributed by atoms with E-state index in [2.05, 4.69) is 12.2 Å². The van der Waals surface area contributed by atoms with E-state index in [1.165, 1.54) is 25.7 Å². The minimum absolute atomic E-state index is 0.0344. The monoisotopic (exact) mass is 268 g/mol. The summed E-state index contributed by atoms with van der Waals surface area (Å²) in [6, 6.07) is 0. The lowest BCUT2D eigenvalue weighted by atomic mass is 9.88. The van der Waals surface area contributed by atoms with Crippen molar-refractivity contribution in [1.82, 2.24) is 5.32 Å². The molecule has 0 heterocycles. The van der Waals surface area contributed by atoms with Crippen molar-refractivity contribution in [2.24, 2.45) is 29.4 Å². The standard InChI is InChI=1S/C14H24N2OS/c1-2-3-12(13(15)18)14(17)16-8-11-7-9-4-5-10(11)6-9/h9-12H,2-8H2,1H3,(H2,15,18)(H,16,17). The molecule has 4 unspecified atom stereocenters. The Kier molecular flexibility index (Phi) is 4.60. The van der Waals surface area contributed by atoms with Gasteiger partial charge in [-0.15, -0.1) is 0 Å². The molecule has 2 rings (SSSR count). The summed E-state index contributed by atoms with van der Waals surface area (Å²) in [6.45, 7) is 2.87. The molecular weight excluding hydrogens is 244 g/mol. The number of hydrogen-bond acceptors (Lipinski definition) is 2. The molecule has 2 bridgehead atoms. The molecule has 2 aliphatic carbocycles. The Balaban J connectivity index is 1.78. The first-order chi connectivity index (χ1) is 8.61. The fourth-order valence-electron chi connectivity index (χ4n) is 3.67. The lowest BCUT2D eigenvalue weighted by Crippen LogP contribution is -2.40. The number of hydrogen-bond donors (Lipinski definition) is 2. The maximum Gasteiger partial charge on any atom is 0.229 e. The summed E-state index contributed by atoms with van der Waals surface area (Å²) in [5.74, 6) is 2.24. The average Bonchev–Trinajstić information content (AvgIpc) is 2.94. The summed E-state index contributed by atoms with van der Waals surface area (Å²) in [7, 11) is 0. The van der Waals surface area contributed by atoms with Crippen molar-refractivity contribution >= 4 is 23.1 Å². The molecule has 0 aromatic rings. The Hall–Kier alpha value is -0.640. The number of fused-ring (bicyclic) bond motifs is 2. The van der Waals surface area contributed by atoms with Crippen LogP contribution < -0.4 is 11.1 Å². The van der Waals surface area contributed by atoms with E-state index in [-0.39, 0.29) is 11.8 Å². The minimum atomic E-state index is -0.274. The van der Waals surface area contributed by atoms with Crippen molar-refractivity contribution in [3.05, 3.63) is 0 Å². The summed E-state index contributed by atoms with van der Waals surface area (Å²) < 4.78 is 0. The van der Waals surface area contributed by atoms with E-state index in [0.717, 1.165) is 31.2 Å². The Labute approximate surface area is 115 Å². The zero-order valence-corrected chi connectivity index (χ0v) is 12.0. The van der Waals surface area contributed by atoms with Crippen LogP contribution in [0.5, 0.6) is 0 Å². The first-order valence-electron chi connectivity index (χ1n) is 7.18. The Morgan fingerprint density at radius 3 is 2.72 bits per heavy atom. The first-order valence-corrected chi connectivity index (χ1v) is 7.59. The van der Waals surface area contributed by atoms with Gasteiger partial charge in [-0.2, -0.15) is 0 Å². The van der Waals surface area contributed by atoms with E-state index in [0.29, 0.717) is 10.9 Å². The molecule has 3 nitrogen and oxygen atoms in total. The topological polar surface area (TPSA) is 55.1 Å². The third-order valence-corrected chi connectivity index (χ3v) is 4.94. The van der Waals surface area contributed by atoms with Crippen LogP contribution in [0.3, 0.4) is 0 Å². The lowest BCUT2D eigenvalue weighted by Gasteiger charge is -2.23.